The Balaban J connectivity index is 2.10. The largest absolute Gasteiger partial charge is 0.357 e. The normalized spacial score (nSPS) is 11.7. The van der Waals surface area contributed by atoms with Crippen LogP contribution in [0, 0.1) is 6.92 Å². The summed E-state index contributed by atoms with van der Waals surface area (Å²) in [5.74, 6) is 0.0615. The molecule has 26 heavy (non-hydrogen) atoms. The Kier molecular flexibility index (Phi) is 7.72. The van der Waals surface area contributed by atoms with E-state index in [2.05, 4.69) is 21.2 Å². The molecule has 0 aliphatic rings. The molecule has 138 valence electrons. The van der Waals surface area contributed by atoms with Gasteiger partial charge < -0.3 is 10.2 Å². The Morgan fingerprint density at radius 3 is 2.31 bits per heavy atom. The molecule has 0 unspecified atom stereocenters. The minimum absolute atomic E-state index is 0.0606. The fourth-order valence-electron chi connectivity index (χ4n) is 2.44. The second kappa shape index (κ2) is 9.78. The van der Waals surface area contributed by atoms with Gasteiger partial charge in [0.15, 0.2) is 0 Å². The molecule has 2 amide bonds. The van der Waals surface area contributed by atoms with Gasteiger partial charge in [-0.1, -0.05) is 45.8 Å². The van der Waals surface area contributed by atoms with Crippen molar-refractivity contribution in [2.75, 3.05) is 12.8 Å². The van der Waals surface area contributed by atoms with Gasteiger partial charge in [0.1, 0.15) is 6.04 Å². The van der Waals surface area contributed by atoms with Crippen molar-refractivity contribution >= 4 is 39.5 Å². The summed E-state index contributed by atoms with van der Waals surface area (Å²) in [7, 11) is 1.59. The van der Waals surface area contributed by atoms with Crippen LogP contribution in [0.2, 0.25) is 0 Å². The molecular weight excluding hydrogens is 412 g/mol. The molecule has 0 saturated carbocycles. The van der Waals surface area contributed by atoms with Gasteiger partial charge in [-0.25, -0.2) is 0 Å². The number of rotatable bonds is 7. The first kappa shape index (κ1) is 20.5. The van der Waals surface area contributed by atoms with Crippen LogP contribution in [0.25, 0.3) is 0 Å². The van der Waals surface area contributed by atoms with Crippen molar-refractivity contribution in [1.29, 1.82) is 0 Å². The highest BCUT2D eigenvalue weighted by Gasteiger charge is 2.25. The average Bonchev–Trinajstić information content (AvgIpc) is 2.65. The fourth-order valence-corrected chi connectivity index (χ4v) is 3.49. The number of thioether (sulfide) groups is 1. The van der Waals surface area contributed by atoms with Gasteiger partial charge in [-0.15, -0.1) is 11.8 Å². The molecule has 2 aromatic carbocycles. The number of hydrogen-bond donors (Lipinski definition) is 1. The third kappa shape index (κ3) is 5.88. The molecule has 1 atom stereocenters. The first-order chi connectivity index (χ1) is 12.4. The lowest BCUT2D eigenvalue weighted by Crippen LogP contribution is -2.47. The lowest BCUT2D eigenvalue weighted by molar-refractivity contribution is -0.138. The highest BCUT2D eigenvalue weighted by Crippen LogP contribution is 2.20. The molecule has 0 saturated heterocycles. The zero-order chi connectivity index (χ0) is 19.1. The Labute approximate surface area is 167 Å². The summed E-state index contributed by atoms with van der Waals surface area (Å²) in [5, 5.41) is 2.63. The third-order valence-corrected chi connectivity index (χ3v) is 5.59. The van der Waals surface area contributed by atoms with Crippen LogP contribution in [0.1, 0.15) is 18.1 Å². The highest BCUT2D eigenvalue weighted by molar-refractivity contribution is 9.10. The smallest absolute Gasteiger partial charge is 0.242 e. The van der Waals surface area contributed by atoms with Crippen LogP contribution in [0.4, 0.5) is 0 Å². The monoisotopic (exact) mass is 434 g/mol. The van der Waals surface area contributed by atoms with Crippen LogP contribution < -0.4 is 5.32 Å². The predicted octanol–water partition coefficient (Wildman–Crippen LogP) is 4.01. The topological polar surface area (TPSA) is 49.4 Å². The maximum absolute atomic E-state index is 12.8. The van der Waals surface area contributed by atoms with E-state index in [1.165, 1.54) is 17.3 Å². The second-order valence-corrected chi connectivity index (χ2v) is 8.00. The van der Waals surface area contributed by atoms with E-state index < -0.39 is 6.04 Å². The predicted molar refractivity (Wildman–Crippen MR) is 110 cm³/mol. The number of likely N-dealkylation sites (N-methyl/N-ethyl adjacent to an activating group) is 1. The average molecular weight is 435 g/mol. The number of aryl methyl sites for hydroxylation is 1. The van der Waals surface area contributed by atoms with Crippen molar-refractivity contribution in [2.24, 2.45) is 0 Å². The van der Waals surface area contributed by atoms with Gasteiger partial charge in [0.2, 0.25) is 11.8 Å². The van der Waals surface area contributed by atoms with E-state index in [0.717, 1.165) is 14.9 Å². The van der Waals surface area contributed by atoms with Crippen molar-refractivity contribution in [2.45, 2.75) is 31.3 Å². The van der Waals surface area contributed by atoms with Gasteiger partial charge in [-0.05, 0) is 43.7 Å². The summed E-state index contributed by atoms with van der Waals surface area (Å²) in [6.07, 6.45) is 0. The van der Waals surface area contributed by atoms with Crippen LogP contribution in [-0.4, -0.2) is 35.6 Å². The highest BCUT2D eigenvalue weighted by atomic mass is 79.9. The third-order valence-electron chi connectivity index (χ3n) is 4.06. The maximum Gasteiger partial charge on any atom is 0.242 e. The number of carbonyl (C=O) groups is 2. The molecule has 0 aliphatic heterocycles. The van der Waals surface area contributed by atoms with Gasteiger partial charge >= 0.3 is 0 Å². The molecule has 0 aliphatic carbocycles. The number of carbonyl (C=O) groups excluding carboxylic acids is 2. The minimum atomic E-state index is -0.533. The zero-order valence-corrected chi connectivity index (χ0v) is 17.6. The maximum atomic E-state index is 12.8. The number of hydrogen-bond acceptors (Lipinski definition) is 3. The summed E-state index contributed by atoms with van der Waals surface area (Å²) in [6.45, 7) is 4.19. The second-order valence-electron chi connectivity index (χ2n) is 6.04. The van der Waals surface area contributed by atoms with Crippen LogP contribution >= 0.6 is 27.7 Å². The van der Waals surface area contributed by atoms with Crippen molar-refractivity contribution in [3.05, 3.63) is 64.1 Å². The molecule has 0 bridgehead atoms. The van der Waals surface area contributed by atoms with Gasteiger partial charge in [0, 0.05) is 23.0 Å². The van der Waals surface area contributed by atoms with E-state index in [1.54, 1.807) is 18.9 Å². The van der Waals surface area contributed by atoms with Gasteiger partial charge in [-0.3, -0.25) is 9.59 Å². The zero-order valence-electron chi connectivity index (χ0n) is 15.2. The molecule has 0 fully saturated rings. The van der Waals surface area contributed by atoms with E-state index in [-0.39, 0.29) is 11.8 Å². The number of nitrogens with one attached hydrogen (secondary N) is 1. The Morgan fingerprint density at radius 1 is 1.12 bits per heavy atom. The van der Waals surface area contributed by atoms with Crippen molar-refractivity contribution in [3.8, 4) is 0 Å². The number of halogens is 1. The Morgan fingerprint density at radius 2 is 1.73 bits per heavy atom. The first-order valence-electron chi connectivity index (χ1n) is 8.35. The molecule has 0 spiro atoms. The summed E-state index contributed by atoms with van der Waals surface area (Å²) < 4.78 is 0.980. The van der Waals surface area contributed by atoms with E-state index in [1.807, 2.05) is 55.5 Å². The van der Waals surface area contributed by atoms with Crippen LogP contribution in [-0.2, 0) is 16.1 Å². The summed E-state index contributed by atoms with van der Waals surface area (Å²) in [4.78, 5) is 27.6. The molecule has 1 N–H and O–H groups in total. The van der Waals surface area contributed by atoms with Crippen molar-refractivity contribution in [3.63, 3.8) is 0 Å². The Bertz CT molecular complexity index is 747. The Hall–Kier alpha value is -1.79. The van der Waals surface area contributed by atoms with Crippen molar-refractivity contribution < 1.29 is 9.59 Å². The fraction of sp³-hybridized carbons (Fsp3) is 0.300. The molecule has 2 rings (SSSR count). The lowest BCUT2D eigenvalue weighted by atomic mass is 10.1. The van der Waals surface area contributed by atoms with Gasteiger partial charge in [-0.2, -0.15) is 0 Å². The molecular formula is C20H23BrN2O2S. The quantitative estimate of drug-likeness (QED) is 0.669. The molecule has 6 heteroatoms. The van der Waals surface area contributed by atoms with E-state index >= 15 is 0 Å². The molecule has 0 aromatic heterocycles. The molecule has 0 radical (unpaired) electrons. The minimum Gasteiger partial charge on any atom is -0.357 e. The number of benzene rings is 2. The van der Waals surface area contributed by atoms with Crippen LogP contribution in [0.3, 0.4) is 0 Å². The van der Waals surface area contributed by atoms with Gasteiger partial charge in [0.25, 0.3) is 0 Å². The summed E-state index contributed by atoms with van der Waals surface area (Å²) in [6, 6.07) is 15.3. The standard InChI is InChI=1S/C20H23BrN2O2S/c1-14-4-10-18(11-5-14)26-13-19(24)23(15(2)20(25)22-3)12-16-6-8-17(21)9-7-16/h4-11,15H,12-13H2,1-3H3,(H,22,25)/t15-/m1/s1. The lowest BCUT2D eigenvalue weighted by Gasteiger charge is -2.28. The number of nitrogens with zero attached hydrogens (tertiary/aromatic N) is 1. The van der Waals surface area contributed by atoms with E-state index in [4.69, 9.17) is 0 Å². The van der Waals surface area contributed by atoms with Crippen LogP contribution in [0.15, 0.2) is 57.9 Å². The van der Waals surface area contributed by atoms with E-state index in [9.17, 15) is 9.59 Å². The van der Waals surface area contributed by atoms with Gasteiger partial charge in [0.05, 0.1) is 5.75 Å². The first-order valence-corrected chi connectivity index (χ1v) is 10.1. The number of amides is 2. The SMILES string of the molecule is CNC(=O)[C@@H](C)N(Cc1ccc(Br)cc1)C(=O)CSc1ccc(C)cc1. The van der Waals surface area contributed by atoms with E-state index in [0.29, 0.717) is 12.3 Å². The van der Waals surface area contributed by atoms with Crippen LogP contribution in [0.5, 0.6) is 0 Å². The van der Waals surface area contributed by atoms with Crippen molar-refractivity contribution in [1.82, 2.24) is 10.2 Å². The summed E-state index contributed by atoms with van der Waals surface area (Å²) in [5.41, 5.74) is 2.17. The summed E-state index contributed by atoms with van der Waals surface area (Å²) >= 11 is 4.90. The molecule has 0 heterocycles. The molecule has 2 aromatic rings. The molecule has 4 nitrogen and oxygen atoms in total.